The Kier molecular flexibility index (Phi) is 5.45. The van der Waals surface area contributed by atoms with E-state index in [1.165, 1.54) is 10.6 Å². The minimum Gasteiger partial charge on any atom is -0.385 e. The Hall–Kier alpha value is -2.25. The molecule has 0 N–H and O–H groups in total. The predicted octanol–water partition coefficient (Wildman–Crippen LogP) is 0.797. The minimum absolute atomic E-state index is 0.139. The van der Waals surface area contributed by atoms with Gasteiger partial charge in [-0.05, 0) is 25.5 Å². The van der Waals surface area contributed by atoms with E-state index >= 15 is 0 Å². The van der Waals surface area contributed by atoms with Crippen molar-refractivity contribution in [3.05, 3.63) is 46.0 Å². The number of hydrogen-bond acceptors (Lipinski definition) is 5. The molecule has 7 nitrogen and oxygen atoms in total. The summed E-state index contributed by atoms with van der Waals surface area (Å²) in [5, 5.41) is 0. The van der Waals surface area contributed by atoms with Crippen molar-refractivity contribution in [2.45, 2.75) is 13.3 Å². The van der Waals surface area contributed by atoms with Crippen LogP contribution in [0.5, 0.6) is 0 Å². The van der Waals surface area contributed by atoms with Crippen LogP contribution >= 0.6 is 0 Å². The smallest absolute Gasteiger partial charge is 0.270 e. The summed E-state index contributed by atoms with van der Waals surface area (Å²) in [6, 6.07) is 5.45. The number of piperazine rings is 1. The maximum absolute atomic E-state index is 12.8. The van der Waals surface area contributed by atoms with E-state index in [9.17, 15) is 9.59 Å². The highest BCUT2D eigenvalue weighted by Crippen LogP contribution is 2.08. The molecule has 0 aromatic carbocycles. The molecule has 3 heterocycles. The van der Waals surface area contributed by atoms with Crippen molar-refractivity contribution in [2.24, 2.45) is 0 Å². The number of methoxy groups -OCH3 is 1. The highest BCUT2D eigenvalue weighted by atomic mass is 16.5. The summed E-state index contributed by atoms with van der Waals surface area (Å²) in [6.45, 7) is 6.44. The Morgan fingerprint density at radius 2 is 2.00 bits per heavy atom. The number of carbonyl (C=O) groups is 1. The van der Waals surface area contributed by atoms with Gasteiger partial charge in [-0.25, -0.2) is 4.98 Å². The van der Waals surface area contributed by atoms with E-state index in [0.717, 1.165) is 38.4 Å². The second kappa shape index (κ2) is 7.76. The number of carbonyl (C=O) groups excluding carboxylic acids is 1. The van der Waals surface area contributed by atoms with Gasteiger partial charge in [-0.1, -0.05) is 6.07 Å². The molecule has 1 fully saturated rings. The molecule has 0 radical (unpaired) electrons. The number of rotatable bonds is 5. The lowest BCUT2D eigenvalue weighted by Gasteiger charge is -2.34. The minimum atomic E-state index is -0.296. The van der Waals surface area contributed by atoms with Gasteiger partial charge in [0.25, 0.3) is 11.5 Å². The van der Waals surface area contributed by atoms with Crippen molar-refractivity contribution in [1.82, 2.24) is 19.2 Å². The molecule has 0 atom stereocenters. The van der Waals surface area contributed by atoms with Gasteiger partial charge in [0.1, 0.15) is 11.2 Å². The Morgan fingerprint density at radius 1 is 1.24 bits per heavy atom. The topological polar surface area (TPSA) is 67.2 Å². The predicted molar refractivity (Wildman–Crippen MR) is 95.0 cm³/mol. The molecular formula is C18H24N4O3. The molecule has 0 unspecified atom stereocenters. The third-order valence-corrected chi connectivity index (χ3v) is 4.64. The number of aryl methyl sites for hydroxylation is 1. The van der Waals surface area contributed by atoms with Crippen LogP contribution in [-0.2, 0) is 4.74 Å². The third kappa shape index (κ3) is 3.72. The lowest BCUT2D eigenvalue weighted by molar-refractivity contribution is 0.0621. The summed E-state index contributed by atoms with van der Waals surface area (Å²) < 4.78 is 6.57. The first-order chi connectivity index (χ1) is 12.1. The maximum atomic E-state index is 12.8. The van der Waals surface area contributed by atoms with E-state index in [1.54, 1.807) is 18.1 Å². The summed E-state index contributed by atoms with van der Waals surface area (Å²) in [5.74, 6) is -0.230. The normalized spacial score (nSPS) is 15.7. The number of ether oxygens (including phenoxy) is 1. The van der Waals surface area contributed by atoms with Crippen LogP contribution in [0.3, 0.4) is 0 Å². The van der Waals surface area contributed by atoms with Crippen molar-refractivity contribution in [3.8, 4) is 0 Å². The first kappa shape index (κ1) is 17.6. The number of nitrogens with zero attached hydrogens (tertiary/aromatic N) is 4. The lowest BCUT2D eigenvalue weighted by Crippen LogP contribution is -2.50. The molecule has 1 aliphatic heterocycles. The Labute approximate surface area is 146 Å². The van der Waals surface area contributed by atoms with Crippen LogP contribution in [0.4, 0.5) is 0 Å². The SMILES string of the molecule is COCCCN1CCN(C(=O)c2cnc3cccc(C)n3c2=O)CC1. The fraction of sp³-hybridized carbons (Fsp3) is 0.500. The molecule has 3 rings (SSSR count). The first-order valence-corrected chi connectivity index (χ1v) is 8.60. The molecule has 1 aliphatic rings. The van der Waals surface area contributed by atoms with Gasteiger partial charge in [0.2, 0.25) is 0 Å². The monoisotopic (exact) mass is 344 g/mol. The fourth-order valence-electron chi connectivity index (χ4n) is 3.20. The van der Waals surface area contributed by atoms with E-state index in [1.807, 2.05) is 19.1 Å². The van der Waals surface area contributed by atoms with Crippen molar-refractivity contribution in [1.29, 1.82) is 0 Å². The zero-order valence-corrected chi connectivity index (χ0v) is 14.8. The van der Waals surface area contributed by atoms with Crippen molar-refractivity contribution >= 4 is 11.6 Å². The highest BCUT2D eigenvalue weighted by Gasteiger charge is 2.24. The van der Waals surface area contributed by atoms with Crippen LogP contribution in [0.1, 0.15) is 22.5 Å². The van der Waals surface area contributed by atoms with Gasteiger partial charge in [-0.15, -0.1) is 0 Å². The molecule has 0 aliphatic carbocycles. The largest absolute Gasteiger partial charge is 0.385 e. The fourth-order valence-corrected chi connectivity index (χ4v) is 3.20. The van der Waals surface area contributed by atoms with Crippen molar-refractivity contribution < 1.29 is 9.53 Å². The van der Waals surface area contributed by atoms with Crippen molar-refractivity contribution in [2.75, 3.05) is 46.4 Å². The molecule has 7 heteroatoms. The van der Waals surface area contributed by atoms with E-state index in [4.69, 9.17) is 4.74 Å². The first-order valence-electron chi connectivity index (χ1n) is 8.60. The van der Waals surface area contributed by atoms with Gasteiger partial charge in [-0.3, -0.25) is 18.9 Å². The van der Waals surface area contributed by atoms with E-state index in [0.29, 0.717) is 18.7 Å². The van der Waals surface area contributed by atoms with Crippen LogP contribution in [-0.4, -0.2) is 71.5 Å². The molecule has 0 spiro atoms. The summed E-state index contributed by atoms with van der Waals surface area (Å²) >= 11 is 0. The third-order valence-electron chi connectivity index (χ3n) is 4.64. The van der Waals surface area contributed by atoms with Crippen LogP contribution in [0, 0.1) is 6.92 Å². The molecule has 2 aromatic heterocycles. The zero-order valence-electron chi connectivity index (χ0n) is 14.8. The average molecular weight is 344 g/mol. The van der Waals surface area contributed by atoms with E-state index in [-0.39, 0.29) is 17.0 Å². The second-order valence-corrected chi connectivity index (χ2v) is 6.32. The lowest BCUT2D eigenvalue weighted by atomic mass is 10.2. The van der Waals surface area contributed by atoms with Crippen LogP contribution in [0.2, 0.25) is 0 Å². The average Bonchev–Trinajstić information content (AvgIpc) is 2.62. The maximum Gasteiger partial charge on any atom is 0.270 e. The number of amides is 1. The van der Waals surface area contributed by atoms with Gasteiger partial charge in [-0.2, -0.15) is 0 Å². The van der Waals surface area contributed by atoms with Crippen LogP contribution in [0.15, 0.2) is 29.2 Å². The van der Waals surface area contributed by atoms with Gasteiger partial charge in [0.15, 0.2) is 0 Å². The Morgan fingerprint density at radius 3 is 2.72 bits per heavy atom. The molecular weight excluding hydrogens is 320 g/mol. The molecule has 1 saturated heterocycles. The number of aromatic nitrogens is 2. The second-order valence-electron chi connectivity index (χ2n) is 6.32. The highest BCUT2D eigenvalue weighted by molar-refractivity contribution is 5.93. The zero-order chi connectivity index (χ0) is 17.8. The molecule has 2 aromatic rings. The number of fused-ring (bicyclic) bond motifs is 1. The summed E-state index contributed by atoms with van der Waals surface area (Å²) in [4.78, 5) is 33.8. The molecule has 0 saturated carbocycles. The molecule has 1 amide bonds. The van der Waals surface area contributed by atoms with Gasteiger partial charge in [0.05, 0.1) is 0 Å². The molecule has 134 valence electrons. The van der Waals surface area contributed by atoms with E-state index < -0.39 is 0 Å². The molecule has 25 heavy (non-hydrogen) atoms. The standard InChI is InChI=1S/C18H24N4O3/c1-14-5-3-6-16-19-13-15(18(24)22(14)16)17(23)21-10-8-20(9-11-21)7-4-12-25-2/h3,5-6,13H,4,7-12H2,1-2H3. The summed E-state index contributed by atoms with van der Waals surface area (Å²) in [7, 11) is 1.70. The van der Waals surface area contributed by atoms with Crippen LogP contribution in [0.25, 0.3) is 5.65 Å². The summed E-state index contributed by atoms with van der Waals surface area (Å²) in [5.41, 5.74) is 1.17. The number of hydrogen-bond donors (Lipinski definition) is 0. The Bertz CT molecular complexity index is 810. The van der Waals surface area contributed by atoms with Gasteiger partial charge >= 0.3 is 0 Å². The van der Waals surface area contributed by atoms with E-state index in [2.05, 4.69) is 9.88 Å². The van der Waals surface area contributed by atoms with Crippen molar-refractivity contribution in [3.63, 3.8) is 0 Å². The quantitative estimate of drug-likeness (QED) is 0.751. The Balaban J connectivity index is 1.72. The van der Waals surface area contributed by atoms with Crippen LogP contribution < -0.4 is 5.56 Å². The summed E-state index contributed by atoms with van der Waals surface area (Å²) in [6.07, 6.45) is 2.39. The molecule has 0 bridgehead atoms. The number of pyridine rings is 1. The van der Waals surface area contributed by atoms with Gasteiger partial charge in [0, 0.05) is 58.3 Å². The van der Waals surface area contributed by atoms with Gasteiger partial charge < -0.3 is 9.64 Å².